The van der Waals surface area contributed by atoms with Gasteiger partial charge in [0.15, 0.2) is 5.78 Å². The lowest BCUT2D eigenvalue weighted by atomic mass is 9.90. The van der Waals surface area contributed by atoms with E-state index in [2.05, 4.69) is 4.98 Å². The lowest BCUT2D eigenvalue weighted by molar-refractivity contribution is 0.0486. The molecule has 0 unspecified atom stereocenters. The predicted octanol–water partition coefficient (Wildman–Crippen LogP) is 4.60. The fourth-order valence-electron chi connectivity index (χ4n) is 4.52. The minimum absolute atomic E-state index is 0.0649. The van der Waals surface area contributed by atoms with Gasteiger partial charge in [-0.3, -0.25) is 9.59 Å². The van der Waals surface area contributed by atoms with Crippen LogP contribution in [0.25, 0.3) is 0 Å². The summed E-state index contributed by atoms with van der Waals surface area (Å²) in [5, 5.41) is 0. The number of amides is 1. The van der Waals surface area contributed by atoms with Crippen molar-refractivity contribution in [2.24, 2.45) is 0 Å². The van der Waals surface area contributed by atoms with Crippen LogP contribution in [0.4, 0.5) is 4.39 Å². The van der Waals surface area contributed by atoms with Crippen molar-refractivity contribution < 1.29 is 23.5 Å². The van der Waals surface area contributed by atoms with Crippen molar-refractivity contribution in [3.8, 4) is 0 Å². The molecule has 166 valence electrons. The van der Waals surface area contributed by atoms with Gasteiger partial charge >= 0.3 is 5.97 Å². The summed E-state index contributed by atoms with van der Waals surface area (Å²) >= 11 is 0. The second kappa shape index (κ2) is 9.45. The Kier molecular flexibility index (Phi) is 6.93. The van der Waals surface area contributed by atoms with Gasteiger partial charge in [0.05, 0.1) is 13.2 Å². The molecule has 1 amide bonds. The molecule has 7 heteroatoms. The lowest BCUT2D eigenvalue weighted by Crippen LogP contribution is -2.50. The third kappa shape index (κ3) is 4.55. The molecule has 1 saturated carbocycles. The predicted molar refractivity (Wildman–Crippen MR) is 115 cm³/mol. The molecule has 0 spiro atoms. The molecular formula is C24H29FN2O4. The number of aromatic amines is 1. The number of ether oxygens (including phenoxy) is 1. The lowest BCUT2D eigenvalue weighted by Gasteiger charge is -2.38. The largest absolute Gasteiger partial charge is 0.464 e. The summed E-state index contributed by atoms with van der Waals surface area (Å²) in [4.78, 5) is 43.6. The number of methoxy groups -OCH3 is 1. The molecule has 0 radical (unpaired) electrons. The molecule has 0 bridgehead atoms. The zero-order valence-corrected chi connectivity index (χ0v) is 18.5. The fourth-order valence-corrected chi connectivity index (χ4v) is 4.52. The molecule has 0 saturated heterocycles. The van der Waals surface area contributed by atoms with Crippen molar-refractivity contribution in [2.75, 3.05) is 7.11 Å². The highest BCUT2D eigenvalue weighted by Crippen LogP contribution is 2.29. The van der Waals surface area contributed by atoms with E-state index in [1.165, 1.54) is 31.4 Å². The first-order chi connectivity index (χ1) is 14.8. The molecular weight excluding hydrogens is 399 g/mol. The van der Waals surface area contributed by atoms with Gasteiger partial charge in [0.1, 0.15) is 11.5 Å². The van der Waals surface area contributed by atoms with Crippen LogP contribution >= 0.6 is 0 Å². The summed E-state index contributed by atoms with van der Waals surface area (Å²) in [6.45, 7) is 5.15. The molecule has 1 aromatic carbocycles. The average Bonchev–Trinajstić information content (AvgIpc) is 3.07. The highest BCUT2D eigenvalue weighted by atomic mass is 19.1. The van der Waals surface area contributed by atoms with Crippen LogP contribution in [0.2, 0.25) is 0 Å². The third-order valence-corrected chi connectivity index (χ3v) is 6.16. The van der Waals surface area contributed by atoms with Gasteiger partial charge in [0, 0.05) is 22.9 Å². The minimum atomic E-state index is -0.737. The summed E-state index contributed by atoms with van der Waals surface area (Å²) in [5.41, 5.74) is 2.07. The Morgan fingerprint density at radius 2 is 1.71 bits per heavy atom. The molecule has 31 heavy (non-hydrogen) atoms. The highest BCUT2D eigenvalue weighted by molar-refractivity contribution is 6.07. The number of aromatic nitrogens is 1. The molecule has 1 aromatic heterocycles. The maximum absolute atomic E-state index is 13.6. The van der Waals surface area contributed by atoms with Gasteiger partial charge < -0.3 is 14.6 Å². The first kappa shape index (κ1) is 22.7. The molecule has 1 aliphatic rings. The number of aryl methyl sites for hydroxylation is 1. The zero-order valence-electron chi connectivity index (χ0n) is 18.5. The van der Waals surface area contributed by atoms with Crippen LogP contribution < -0.4 is 0 Å². The summed E-state index contributed by atoms with van der Waals surface area (Å²) in [6.07, 6.45) is 4.74. The number of benzene rings is 1. The number of rotatable bonds is 6. The monoisotopic (exact) mass is 428 g/mol. The number of carbonyl (C=O) groups excluding carboxylic acids is 3. The van der Waals surface area contributed by atoms with Crippen LogP contribution in [0.15, 0.2) is 24.3 Å². The van der Waals surface area contributed by atoms with Crippen molar-refractivity contribution in [3.05, 3.63) is 58.2 Å². The number of carbonyl (C=O) groups is 3. The number of halogens is 1. The highest BCUT2D eigenvalue weighted by Gasteiger charge is 2.36. The Morgan fingerprint density at radius 3 is 2.29 bits per heavy atom. The number of Topliss-reactive ketones (excluding diaryl/α,β-unsaturated/α-hetero) is 1. The normalized spacial score (nSPS) is 15.4. The number of nitrogens with one attached hydrogen (secondary N) is 1. The fraction of sp³-hybridized carbons (Fsp3) is 0.458. The summed E-state index contributed by atoms with van der Waals surface area (Å²) in [6, 6.07) is 4.60. The summed E-state index contributed by atoms with van der Waals surface area (Å²) in [5.74, 6) is -1.48. The van der Waals surface area contributed by atoms with Crippen LogP contribution in [0, 0.1) is 19.7 Å². The van der Waals surface area contributed by atoms with Crippen molar-refractivity contribution in [2.45, 2.75) is 65.0 Å². The van der Waals surface area contributed by atoms with Gasteiger partial charge in [-0.15, -0.1) is 0 Å². The quantitative estimate of drug-likeness (QED) is 0.539. The molecule has 2 aromatic rings. The maximum Gasteiger partial charge on any atom is 0.354 e. The molecule has 1 aliphatic carbocycles. The van der Waals surface area contributed by atoms with Crippen LogP contribution in [0.1, 0.15) is 81.5 Å². The number of esters is 1. The SMILES string of the molecule is COC(=O)c1[nH]c(C)c(C(=O)[C@@H](C)N(C(=O)c2ccc(F)cc2)C2CCCCC2)c1C. The van der Waals surface area contributed by atoms with E-state index < -0.39 is 17.8 Å². The van der Waals surface area contributed by atoms with Crippen LogP contribution in [0.3, 0.4) is 0 Å². The number of hydrogen-bond donors (Lipinski definition) is 1. The van der Waals surface area contributed by atoms with Crippen molar-refractivity contribution >= 4 is 17.7 Å². The Morgan fingerprint density at radius 1 is 1.10 bits per heavy atom. The molecule has 3 rings (SSSR count). The summed E-state index contributed by atoms with van der Waals surface area (Å²) < 4.78 is 18.2. The molecule has 1 atom stereocenters. The first-order valence-corrected chi connectivity index (χ1v) is 10.7. The third-order valence-electron chi connectivity index (χ3n) is 6.16. The molecule has 0 aliphatic heterocycles. The van der Waals surface area contributed by atoms with Gasteiger partial charge in [-0.05, 0) is 63.4 Å². The van der Waals surface area contributed by atoms with Crippen molar-refractivity contribution in [1.82, 2.24) is 9.88 Å². The number of H-pyrrole nitrogens is 1. The molecule has 1 N–H and O–H groups in total. The Bertz CT molecular complexity index is 974. The standard InChI is InChI=1S/C24H29FN2O4/c1-14-20(15(2)26-21(14)24(30)31-4)22(28)16(3)27(19-8-6-5-7-9-19)23(29)17-10-12-18(25)13-11-17/h10-13,16,19,26H,5-9H2,1-4H3/t16-/m1/s1. The van der Waals surface area contributed by atoms with E-state index in [1.54, 1.807) is 25.7 Å². The maximum atomic E-state index is 13.6. The van der Waals surface area contributed by atoms with Gasteiger partial charge in [-0.1, -0.05) is 19.3 Å². The molecule has 1 fully saturated rings. The number of hydrogen-bond acceptors (Lipinski definition) is 4. The van der Waals surface area contributed by atoms with E-state index in [4.69, 9.17) is 4.74 Å². The Balaban J connectivity index is 1.98. The van der Waals surface area contributed by atoms with Crippen molar-refractivity contribution in [3.63, 3.8) is 0 Å². The minimum Gasteiger partial charge on any atom is -0.464 e. The van der Waals surface area contributed by atoms with Crippen molar-refractivity contribution in [1.29, 1.82) is 0 Å². The van der Waals surface area contributed by atoms with E-state index >= 15 is 0 Å². The summed E-state index contributed by atoms with van der Waals surface area (Å²) in [7, 11) is 1.29. The Hall–Kier alpha value is -2.96. The molecule has 1 heterocycles. The topological polar surface area (TPSA) is 79.5 Å². The van der Waals surface area contributed by atoms with Gasteiger partial charge in [-0.25, -0.2) is 9.18 Å². The smallest absolute Gasteiger partial charge is 0.354 e. The zero-order chi connectivity index (χ0) is 22.7. The van der Waals surface area contributed by atoms with E-state index in [9.17, 15) is 18.8 Å². The second-order valence-corrected chi connectivity index (χ2v) is 8.17. The van der Waals surface area contributed by atoms with Gasteiger partial charge in [0.25, 0.3) is 5.91 Å². The van der Waals surface area contributed by atoms with Crippen LogP contribution in [0.5, 0.6) is 0 Å². The van der Waals surface area contributed by atoms with E-state index in [0.29, 0.717) is 22.4 Å². The van der Waals surface area contributed by atoms with E-state index in [0.717, 1.165) is 32.1 Å². The number of nitrogens with zero attached hydrogens (tertiary/aromatic N) is 1. The van der Waals surface area contributed by atoms with Crippen LogP contribution in [-0.4, -0.2) is 46.7 Å². The van der Waals surface area contributed by atoms with E-state index in [1.807, 2.05) is 0 Å². The first-order valence-electron chi connectivity index (χ1n) is 10.7. The average molecular weight is 429 g/mol. The molecule has 6 nitrogen and oxygen atoms in total. The van der Waals surface area contributed by atoms with Crippen LogP contribution in [-0.2, 0) is 4.74 Å². The van der Waals surface area contributed by atoms with Gasteiger partial charge in [0.2, 0.25) is 0 Å². The Labute approximate surface area is 181 Å². The number of ketones is 1. The van der Waals surface area contributed by atoms with E-state index in [-0.39, 0.29) is 23.4 Å². The van der Waals surface area contributed by atoms with Gasteiger partial charge in [-0.2, -0.15) is 0 Å². The second-order valence-electron chi connectivity index (χ2n) is 8.17.